The SMILES string of the molecule is Cc1ccncc1C(=O)C1(CN)CCCCCC1. The van der Waals surface area contributed by atoms with E-state index in [0.717, 1.165) is 36.8 Å². The van der Waals surface area contributed by atoms with Gasteiger partial charge in [0, 0.05) is 29.9 Å². The lowest BCUT2D eigenvalue weighted by molar-refractivity contribution is 0.0773. The maximum absolute atomic E-state index is 12.8. The lowest BCUT2D eigenvalue weighted by atomic mass is 9.74. The monoisotopic (exact) mass is 246 g/mol. The number of carbonyl (C=O) groups excluding carboxylic acids is 1. The van der Waals surface area contributed by atoms with Crippen LogP contribution in [0.5, 0.6) is 0 Å². The molecule has 0 radical (unpaired) electrons. The van der Waals surface area contributed by atoms with Crippen LogP contribution in [-0.4, -0.2) is 17.3 Å². The molecule has 0 aliphatic heterocycles. The Labute approximate surface area is 109 Å². The molecule has 3 heteroatoms. The molecule has 0 aromatic carbocycles. The maximum atomic E-state index is 12.8. The minimum Gasteiger partial charge on any atom is -0.329 e. The van der Waals surface area contributed by atoms with Crippen molar-refractivity contribution in [2.75, 3.05) is 6.54 Å². The van der Waals surface area contributed by atoms with Crippen LogP contribution < -0.4 is 5.73 Å². The van der Waals surface area contributed by atoms with Gasteiger partial charge < -0.3 is 5.73 Å². The van der Waals surface area contributed by atoms with Crippen molar-refractivity contribution < 1.29 is 4.79 Å². The summed E-state index contributed by atoms with van der Waals surface area (Å²) in [6.45, 7) is 2.43. The van der Waals surface area contributed by atoms with Crippen LogP contribution in [0.3, 0.4) is 0 Å². The highest BCUT2D eigenvalue weighted by Gasteiger charge is 2.38. The Morgan fingerprint density at radius 2 is 2.00 bits per heavy atom. The molecule has 1 fully saturated rings. The van der Waals surface area contributed by atoms with Crippen LogP contribution in [0.25, 0.3) is 0 Å². The number of nitrogens with zero attached hydrogens (tertiary/aromatic N) is 1. The van der Waals surface area contributed by atoms with Crippen molar-refractivity contribution in [2.45, 2.75) is 45.4 Å². The molecule has 1 heterocycles. The first-order chi connectivity index (χ1) is 8.69. The van der Waals surface area contributed by atoms with Crippen LogP contribution >= 0.6 is 0 Å². The van der Waals surface area contributed by atoms with Gasteiger partial charge in [0.25, 0.3) is 0 Å². The summed E-state index contributed by atoms with van der Waals surface area (Å²) >= 11 is 0. The van der Waals surface area contributed by atoms with Crippen molar-refractivity contribution >= 4 is 5.78 Å². The van der Waals surface area contributed by atoms with Crippen molar-refractivity contribution in [1.29, 1.82) is 0 Å². The molecular weight excluding hydrogens is 224 g/mol. The highest BCUT2D eigenvalue weighted by Crippen LogP contribution is 2.37. The first-order valence-corrected chi connectivity index (χ1v) is 6.85. The van der Waals surface area contributed by atoms with E-state index >= 15 is 0 Å². The summed E-state index contributed by atoms with van der Waals surface area (Å²) in [4.78, 5) is 16.9. The van der Waals surface area contributed by atoms with Crippen molar-refractivity contribution in [1.82, 2.24) is 4.98 Å². The second kappa shape index (κ2) is 5.61. The molecule has 98 valence electrons. The first-order valence-electron chi connectivity index (χ1n) is 6.85. The Morgan fingerprint density at radius 1 is 1.33 bits per heavy atom. The van der Waals surface area contributed by atoms with Crippen molar-refractivity contribution in [3.8, 4) is 0 Å². The molecule has 1 aliphatic rings. The van der Waals surface area contributed by atoms with Gasteiger partial charge >= 0.3 is 0 Å². The average molecular weight is 246 g/mol. The predicted molar refractivity (Wildman–Crippen MR) is 72.5 cm³/mol. The van der Waals surface area contributed by atoms with Crippen molar-refractivity contribution in [3.05, 3.63) is 29.6 Å². The summed E-state index contributed by atoms with van der Waals surface area (Å²) in [6, 6.07) is 1.90. The van der Waals surface area contributed by atoms with Crippen LogP contribution in [-0.2, 0) is 0 Å². The molecule has 0 spiro atoms. The molecule has 2 N–H and O–H groups in total. The van der Waals surface area contributed by atoms with Gasteiger partial charge in [-0.2, -0.15) is 0 Å². The number of carbonyl (C=O) groups is 1. The van der Waals surface area contributed by atoms with Gasteiger partial charge in [-0.15, -0.1) is 0 Å². The molecule has 0 saturated heterocycles. The smallest absolute Gasteiger partial charge is 0.172 e. The number of Topliss-reactive ketones (excluding diaryl/α,β-unsaturated/α-hetero) is 1. The minimum absolute atomic E-state index is 0.206. The normalized spacial score (nSPS) is 19.2. The molecule has 1 saturated carbocycles. The molecule has 1 aliphatic carbocycles. The number of ketones is 1. The molecule has 3 nitrogen and oxygen atoms in total. The predicted octanol–water partition coefficient (Wildman–Crippen LogP) is 2.87. The van der Waals surface area contributed by atoms with E-state index in [9.17, 15) is 4.79 Å². The third-order valence-electron chi connectivity index (χ3n) is 4.22. The average Bonchev–Trinajstić information content (AvgIpc) is 2.65. The molecule has 1 aromatic heterocycles. The van der Waals surface area contributed by atoms with Gasteiger partial charge in [0.05, 0.1) is 0 Å². The highest BCUT2D eigenvalue weighted by atomic mass is 16.1. The van der Waals surface area contributed by atoms with Gasteiger partial charge in [-0.3, -0.25) is 9.78 Å². The minimum atomic E-state index is -0.343. The Kier molecular flexibility index (Phi) is 4.12. The van der Waals surface area contributed by atoms with E-state index in [2.05, 4.69) is 4.98 Å². The molecule has 1 aromatic rings. The largest absolute Gasteiger partial charge is 0.329 e. The summed E-state index contributed by atoms with van der Waals surface area (Å²) in [7, 11) is 0. The Bertz CT molecular complexity index is 420. The second-order valence-corrected chi connectivity index (χ2v) is 5.42. The lowest BCUT2D eigenvalue weighted by Gasteiger charge is -2.30. The van der Waals surface area contributed by atoms with Crippen LogP contribution in [0.15, 0.2) is 18.5 Å². The van der Waals surface area contributed by atoms with E-state index < -0.39 is 0 Å². The third-order valence-corrected chi connectivity index (χ3v) is 4.22. The fourth-order valence-electron chi connectivity index (χ4n) is 2.92. The number of pyridine rings is 1. The van der Waals surface area contributed by atoms with E-state index in [4.69, 9.17) is 5.73 Å². The molecule has 0 atom stereocenters. The number of rotatable bonds is 3. The highest BCUT2D eigenvalue weighted by molar-refractivity contribution is 6.01. The molecular formula is C15H22N2O. The van der Waals surface area contributed by atoms with E-state index in [1.165, 1.54) is 12.8 Å². The maximum Gasteiger partial charge on any atom is 0.172 e. The Balaban J connectivity index is 2.32. The fraction of sp³-hybridized carbons (Fsp3) is 0.600. The lowest BCUT2D eigenvalue weighted by Crippen LogP contribution is -2.38. The zero-order chi connectivity index (χ0) is 13.0. The van der Waals surface area contributed by atoms with E-state index in [-0.39, 0.29) is 11.2 Å². The first kappa shape index (κ1) is 13.2. The summed E-state index contributed by atoms with van der Waals surface area (Å²) < 4.78 is 0. The number of nitrogens with two attached hydrogens (primary N) is 1. The van der Waals surface area contributed by atoms with Crippen molar-refractivity contribution in [2.24, 2.45) is 11.1 Å². The number of hydrogen-bond donors (Lipinski definition) is 1. The summed E-state index contributed by atoms with van der Waals surface area (Å²) in [6.07, 6.45) is 9.95. The van der Waals surface area contributed by atoms with Gasteiger partial charge in [-0.1, -0.05) is 25.7 Å². The third kappa shape index (κ3) is 2.46. The van der Waals surface area contributed by atoms with Gasteiger partial charge in [-0.25, -0.2) is 0 Å². The second-order valence-electron chi connectivity index (χ2n) is 5.42. The molecule has 0 unspecified atom stereocenters. The van der Waals surface area contributed by atoms with E-state index in [1.807, 2.05) is 13.0 Å². The molecule has 0 bridgehead atoms. The molecule has 0 amide bonds. The van der Waals surface area contributed by atoms with Gasteiger partial charge in [0.1, 0.15) is 0 Å². The van der Waals surface area contributed by atoms with Crippen LogP contribution in [0.2, 0.25) is 0 Å². The fourth-order valence-corrected chi connectivity index (χ4v) is 2.92. The van der Waals surface area contributed by atoms with E-state index in [0.29, 0.717) is 6.54 Å². The Hall–Kier alpha value is -1.22. The zero-order valence-electron chi connectivity index (χ0n) is 11.1. The topological polar surface area (TPSA) is 56.0 Å². The molecule has 18 heavy (non-hydrogen) atoms. The standard InChI is InChI=1S/C15H22N2O/c1-12-6-9-17-10-13(12)14(18)15(11-16)7-4-2-3-5-8-15/h6,9-10H,2-5,7-8,11,16H2,1H3. The van der Waals surface area contributed by atoms with Crippen molar-refractivity contribution in [3.63, 3.8) is 0 Å². The quantitative estimate of drug-likeness (QED) is 0.659. The van der Waals surface area contributed by atoms with Gasteiger partial charge in [-0.05, 0) is 31.4 Å². The number of aryl methyl sites for hydroxylation is 1. The summed E-state index contributed by atoms with van der Waals surface area (Å²) in [5, 5.41) is 0. The van der Waals surface area contributed by atoms with Gasteiger partial charge in [0.15, 0.2) is 5.78 Å². The number of aromatic nitrogens is 1. The van der Waals surface area contributed by atoms with Gasteiger partial charge in [0.2, 0.25) is 0 Å². The van der Waals surface area contributed by atoms with Crippen LogP contribution in [0.4, 0.5) is 0 Å². The number of hydrogen-bond acceptors (Lipinski definition) is 3. The summed E-state index contributed by atoms with van der Waals surface area (Å²) in [5.74, 6) is 0.206. The molecule has 2 rings (SSSR count). The summed E-state index contributed by atoms with van der Waals surface area (Å²) in [5.41, 5.74) is 7.37. The van der Waals surface area contributed by atoms with Crippen LogP contribution in [0.1, 0.15) is 54.4 Å². The van der Waals surface area contributed by atoms with Crippen LogP contribution in [0, 0.1) is 12.3 Å². The van der Waals surface area contributed by atoms with E-state index in [1.54, 1.807) is 12.4 Å². The Morgan fingerprint density at radius 3 is 2.56 bits per heavy atom. The zero-order valence-corrected chi connectivity index (χ0v) is 11.1.